The van der Waals surface area contributed by atoms with Crippen LogP contribution in [0.25, 0.3) is 21.3 Å². The molecule has 0 aliphatic carbocycles. The second kappa shape index (κ2) is 8.75. The molecule has 0 unspecified atom stereocenters. The van der Waals surface area contributed by atoms with Crippen LogP contribution < -0.4 is 11.1 Å². The molecule has 0 saturated carbocycles. The molecule has 35 heavy (non-hydrogen) atoms. The summed E-state index contributed by atoms with van der Waals surface area (Å²) in [6.45, 7) is 5.82. The number of carbonyl (C=O) groups excluding carboxylic acids is 2. The van der Waals surface area contributed by atoms with Gasteiger partial charge in [0.25, 0.3) is 11.8 Å². The number of nitrogens with one attached hydrogen (secondary N) is 1. The van der Waals surface area contributed by atoms with Crippen molar-refractivity contribution in [2.45, 2.75) is 33.5 Å². The normalized spacial score (nSPS) is 11.9. The Hall–Kier alpha value is -3.26. The van der Waals surface area contributed by atoms with Gasteiger partial charge in [0.1, 0.15) is 15.4 Å². The van der Waals surface area contributed by atoms with Crippen molar-refractivity contribution in [1.82, 2.24) is 24.5 Å². The fraction of sp³-hybridized carbons (Fsp3) is 0.286. The first kappa shape index (κ1) is 24.9. The van der Waals surface area contributed by atoms with Crippen molar-refractivity contribution >= 4 is 55.0 Å². The summed E-state index contributed by atoms with van der Waals surface area (Å²) >= 11 is 4.00. The van der Waals surface area contributed by atoms with E-state index in [1.165, 1.54) is 10.9 Å². The minimum Gasteiger partial charge on any atom is -0.365 e. The van der Waals surface area contributed by atoms with E-state index in [9.17, 15) is 22.8 Å². The van der Waals surface area contributed by atoms with E-state index in [1.54, 1.807) is 25.6 Å². The molecule has 184 valence electrons. The van der Waals surface area contributed by atoms with Crippen LogP contribution in [0, 0.1) is 13.8 Å². The summed E-state index contributed by atoms with van der Waals surface area (Å²) in [5.41, 5.74) is 6.23. The number of anilines is 1. The number of aromatic nitrogens is 5. The van der Waals surface area contributed by atoms with Crippen molar-refractivity contribution in [3.05, 3.63) is 44.4 Å². The monoisotopic (exact) mass is 569 g/mol. The van der Waals surface area contributed by atoms with E-state index < -0.39 is 23.7 Å². The number of halogens is 4. The number of hydrogen-bond donors (Lipinski definition) is 2. The van der Waals surface area contributed by atoms with Gasteiger partial charge >= 0.3 is 6.18 Å². The molecule has 4 aromatic heterocycles. The van der Waals surface area contributed by atoms with Gasteiger partial charge in [0, 0.05) is 30.2 Å². The maximum atomic E-state index is 13.7. The van der Waals surface area contributed by atoms with E-state index in [0.717, 1.165) is 6.07 Å². The zero-order valence-corrected chi connectivity index (χ0v) is 21.3. The first-order valence-electron chi connectivity index (χ1n) is 10.2. The Morgan fingerprint density at radius 1 is 1.23 bits per heavy atom. The number of pyridine rings is 1. The molecule has 0 aliphatic rings. The maximum absolute atomic E-state index is 13.7. The summed E-state index contributed by atoms with van der Waals surface area (Å²) < 4.78 is 44.7. The number of hydrogen-bond acceptors (Lipinski definition) is 6. The second-order valence-electron chi connectivity index (χ2n) is 7.69. The number of carbonyl (C=O) groups is 2. The lowest BCUT2D eigenvalue weighted by atomic mass is 10.0. The largest absolute Gasteiger partial charge is 0.433 e. The van der Waals surface area contributed by atoms with Crippen LogP contribution >= 0.6 is 27.3 Å². The molecular formula is C21H19BrF3N7O2S. The Balaban J connectivity index is 2.01. The van der Waals surface area contributed by atoms with E-state index in [1.807, 2.05) is 6.92 Å². The highest BCUT2D eigenvalue weighted by Crippen LogP contribution is 2.44. The van der Waals surface area contributed by atoms with Crippen molar-refractivity contribution in [3.63, 3.8) is 0 Å². The van der Waals surface area contributed by atoms with Crippen molar-refractivity contribution in [1.29, 1.82) is 0 Å². The molecule has 0 spiro atoms. The standard InChI is InChI=1S/C21H19BrF3N7O2S/c1-5-32-8(2)11(7-27-32)10-6-12(21(23,24)25)28-20-13(10)15(17(35-20)18(26)33)29-19(34)16-14(22)9(3)31(4)30-16/h6-7H,5H2,1-4H3,(H2,26,33)(H,29,34). The number of alkyl halides is 3. The summed E-state index contributed by atoms with van der Waals surface area (Å²) in [7, 11) is 1.65. The molecule has 0 bridgehead atoms. The van der Waals surface area contributed by atoms with Gasteiger partial charge in [-0.05, 0) is 48.3 Å². The number of primary amides is 1. The maximum Gasteiger partial charge on any atom is 0.433 e. The van der Waals surface area contributed by atoms with Crippen LogP contribution in [-0.2, 0) is 19.8 Å². The molecule has 14 heteroatoms. The Morgan fingerprint density at radius 2 is 1.91 bits per heavy atom. The van der Waals surface area contributed by atoms with Crippen LogP contribution in [-0.4, -0.2) is 36.4 Å². The SMILES string of the molecule is CCn1ncc(-c2cc(C(F)(F)F)nc3sc(C(N)=O)c(NC(=O)c4nn(C)c(C)c4Br)c23)c1C. The number of thiophene rings is 1. The number of fused-ring (bicyclic) bond motifs is 1. The van der Waals surface area contributed by atoms with Gasteiger partial charge in [-0.1, -0.05) is 0 Å². The fourth-order valence-corrected chi connectivity index (χ4v) is 5.20. The van der Waals surface area contributed by atoms with E-state index in [4.69, 9.17) is 5.73 Å². The topological polar surface area (TPSA) is 121 Å². The highest BCUT2D eigenvalue weighted by atomic mass is 79.9. The second-order valence-corrected chi connectivity index (χ2v) is 9.48. The lowest BCUT2D eigenvalue weighted by Gasteiger charge is -2.12. The predicted octanol–water partition coefficient (Wildman–Crippen LogP) is 4.66. The molecule has 9 nitrogen and oxygen atoms in total. The average molecular weight is 570 g/mol. The van der Waals surface area contributed by atoms with Gasteiger partial charge < -0.3 is 11.1 Å². The van der Waals surface area contributed by atoms with Crippen molar-refractivity contribution in [2.75, 3.05) is 5.32 Å². The van der Waals surface area contributed by atoms with Crippen LogP contribution in [0.1, 0.15) is 44.2 Å². The number of rotatable bonds is 5. The third kappa shape index (κ3) is 4.20. The van der Waals surface area contributed by atoms with E-state index in [-0.39, 0.29) is 32.0 Å². The summed E-state index contributed by atoms with van der Waals surface area (Å²) in [5, 5.41) is 11.2. The Kier molecular flexibility index (Phi) is 6.21. The molecule has 4 rings (SSSR count). The van der Waals surface area contributed by atoms with Crippen molar-refractivity contribution in [3.8, 4) is 11.1 Å². The fourth-order valence-electron chi connectivity index (χ4n) is 3.68. The van der Waals surface area contributed by atoms with Gasteiger partial charge in [-0.25, -0.2) is 4.98 Å². The van der Waals surface area contributed by atoms with Crippen LogP contribution in [0.3, 0.4) is 0 Å². The van der Waals surface area contributed by atoms with Gasteiger partial charge in [0.2, 0.25) is 0 Å². The summed E-state index contributed by atoms with van der Waals surface area (Å²) in [6, 6.07) is 0.889. The number of nitrogens with zero attached hydrogens (tertiary/aromatic N) is 5. The van der Waals surface area contributed by atoms with E-state index in [0.29, 0.717) is 39.3 Å². The first-order valence-corrected chi connectivity index (χ1v) is 11.8. The lowest BCUT2D eigenvalue weighted by Crippen LogP contribution is -2.17. The molecular weight excluding hydrogens is 551 g/mol. The molecule has 0 radical (unpaired) electrons. The Morgan fingerprint density at radius 3 is 2.43 bits per heavy atom. The molecule has 0 atom stereocenters. The van der Waals surface area contributed by atoms with Crippen LogP contribution in [0.5, 0.6) is 0 Å². The van der Waals surface area contributed by atoms with Crippen molar-refractivity contribution < 1.29 is 22.8 Å². The van der Waals surface area contributed by atoms with Crippen LogP contribution in [0.2, 0.25) is 0 Å². The van der Waals surface area contributed by atoms with Gasteiger partial charge in [-0.3, -0.25) is 19.0 Å². The number of amides is 2. The highest BCUT2D eigenvalue weighted by molar-refractivity contribution is 9.10. The number of nitrogens with two attached hydrogens (primary N) is 1. The summed E-state index contributed by atoms with van der Waals surface area (Å²) in [4.78, 5) is 28.9. The molecule has 0 aromatic carbocycles. The van der Waals surface area contributed by atoms with Crippen LogP contribution in [0.15, 0.2) is 16.7 Å². The minimum absolute atomic E-state index is 0.0300. The predicted molar refractivity (Wildman–Crippen MR) is 128 cm³/mol. The summed E-state index contributed by atoms with van der Waals surface area (Å²) in [5.74, 6) is -1.59. The van der Waals surface area contributed by atoms with E-state index >= 15 is 0 Å². The molecule has 0 saturated heterocycles. The smallest absolute Gasteiger partial charge is 0.365 e. The molecule has 4 aromatic rings. The van der Waals surface area contributed by atoms with Gasteiger partial charge in [-0.15, -0.1) is 11.3 Å². The zero-order chi connectivity index (χ0) is 25.8. The Labute approximate surface area is 209 Å². The number of aryl methyl sites for hydroxylation is 2. The minimum atomic E-state index is -4.74. The third-order valence-corrected chi connectivity index (χ3v) is 7.63. The van der Waals surface area contributed by atoms with Gasteiger partial charge in [0.05, 0.1) is 22.1 Å². The quantitative estimate of drug-likeness (QED) is 0.362. The first-order chi connectivity index (χ1) is 16.3. The average Bonchev–Trinajstić information content (AvgIpc) is 3.42. The molecule has 0 aliphatic heterocycles. The third-order valence-electron chi connectivity index (χ3n) is 5.58. The van der Waals surface area contributed by atoms with E-state index in [2.05, 4.69) is 36.4 Å². The molecule has 2 amide bonds. The van der Waals surface area contributed by atoms with Crippen LogP contribution in [0.4, 0.5) is 18.9 Å². The zero-order valence-electron chi connectivity index (χ0n) is 18.9. The van der Waals surface area contributed by atoms with Gasteiger partial charge in [-0.2, -0.15) is 23.4 Å². The highest BCUT2D eigenvalue weighted by Gasteiger charge is 2.35. The molecule has 4 heterocycles. The van der Waals surface area contributed by atoms with Gasteiger partial charge in [0.15, 0.2) is 5.69 Å². The molecule has 0 fully saturated rings. The lowest BCUT2D eigenvalue weighted by molar-refractivity contribution is -0.140. The summed E-state index contributed by atoms with van der Waals surface area (Å²) in [6.07, 6.45) is -3.30. The molecule has 3 N–H and O–H groups in total. The van der Waals surface area contributed by atoms with Crippen molar-refractivity contribution in [2.24, 2.45) is 12.8 Å². The Bertz CT molecular complexity index is 1500.